The van der Waals surface area contributed by atoms with Crippen molar-refractivity contribution in [2.45, 2.75) is 18.4 Å². The van der Waals surface area contributed by atoms with Gasteiger partial charge in [-0.2, -0.15) is 0 Å². The van der Waals surface area contributed by atoms with E-state index in [-0.39, 0.29) is 29.4 Å². The van der Waals surface area contributed by atoms with Crippen molar-refractivity contribution in [2.24, 2.45) is 0 Å². The Balaban J connectivity index is 1.86. The van der Waals surface area contributed by atoms with Gasteiger partial charge in [0.25, 0.3) is 10.0 Å². The normalized spacial score (nSPS) is 10.9. The van der Waals surface area contributed by atoms with E-state index in [1.807, 2.05) is 0 Å². The Morgan fingerprint density at radius 1 is 1.03 bits per heavy atom. The standard InChI is InChI=1S/C26H24ClNO6S/c1-4-14-28(23-11-9-22(27)10-12-23)35(31,32)24-7-5-6-20(16-24)26(30)34-17-21-15-19(18(2)29)8-13-25(21)33-3/h4-13,15-16H,1,14,17H2,2-3H3. The summed E-state index contributed by atoms with van der Waals surface area (Å²) in [5.74, 6) is -0.399. The van der Waals surface area contributed by atoms with Crippen molar-refractivity contribution in [3.05, 3.63) is 101 Å². The lowest BCUT2D eigenvalue weighted by Gasteiger charge is -2.23. The van der Waals surface area contributed by atoms with Crippen molar-refractivity contribution in [3.63, 3.8) is 0 Å². The predicted molar refractivity (Wildman–Crippen MR) is 135 cm³/mol. The van der Waals surface area contributed by atoms with Crippen molar-refractivity contribution in [3.8, 4) is 5.75 Å². The van der Waals surface area contributed by atoms with Crippen LogP contribution in [0.3, 0.4) is 0 Å². The molecule has 0 spiro atoms. The van der Waals surface area contributed by atoms with E-state index in [0.29, 0.717) is 27.6 Å². The number of hydrogen-bond acceptors (Lipinski definition) is 6. The summed E-state index contributed by atoms with van der Waals surface area (Å²) in [5, 5.41) is 0.472. The van der Waals surface area contributed by atoms with Crippen molar-refractivity contribution in [1.29, 1.82) is 0 Å². The quantitative estimate of drug-likeness (QED) is 0.208. The molecule has 182 valence electrons. The number of rotatable bonds is 10. The minimum atomic E-state index is -4.02. The molecule has 0 bridgehead atoms. The molecule has 0 aliphatic heterocycles. The van der Waals surface area contributed by atoms with E-state index in [4.69, 9.17) is 21.1 Å². The number of Topliss-reactive ketones (excluding diaryl/α,β-unsaturated/α-hetero) is 1. The van der Waals surface area contributed by atoms with Gasteiger partial charge in [0, 0.05) is 16.1 Å². The monoisotopic (exact) mass is 513 g/mol. The van der Waals surface area contributed by atoms with E-state index < -0.39 is 16.0 Å². The van der Waals surface area contributed by atoms with Gasteiger partial charge in [0.1, 0.15) is 12.4 Å². The smallest absolute Gasteiger partial charge is 0.338 e. The van der Waals surface area contributed by atoms with Crippen LogP contribution in [-0.2, 0) is 21.4 Å². The number of carbonyl (C=O) groups is 2. The molecule has 0 saturated carbocycles. The van der Waals surface area contributed by atoms with Crippen LogP contribution in [0.2, 0.25) is 5.02 Å². The Labute approximate surface area is 209 Å². The van der Waals surface area contributed by atoms with E-state index in [1.165, 1.54) is 48.7 Å². The molecule has 3 aromatic rings. The largest absolute Gasteiger partial charge is 0.496 e. The molecule has 0 N–H and O–H groups in total. The molecule has 0 aromatic heterocycles. The first-order valence-electron chi connectivity index (χ1n) is 10.5. The molecule has 0 heterocycles. The van der Waals surface area contributed by atoms with Gasteiger partial charge in [-0.1, -0.05) is 23.7 Å². The predicted octanol–water partition coefficient (Wildman–Crippen LogP) is 5.29. The molecule has 35 heavy (non-hydrogen) atoms. The van der Waals surface area contributed by atoms with Crippen molar-refractivity contribution in [1.82, 2.24) is 0 Å². The third kappa shape index (κ3) is 6.09. The molecule has 7 nitrogen and oxygen atoms in total. The number of anilines is 1. The van der Waals surface area contributed by atoms with Crippen molar-refractivity contribution >= 4 is 39.1 Å². The number of esters is 1. The second-order valence-electron chi connectivity index (χ2n) is 7.49. The van der Waals surface area contributed by atoms with Crippen LogP contribution in [0.1, 0.15) is 33.2 Å². The van der Waals surface area contributed by atoms with Gasteiger partial charge in [-0.25, -0.2) is 13.2 Å². The second kappa shape index (κ2) is 11.2. The van der Waals surface area contributed by atoms with Gasteiger partial charge in [0.2, 0.25) is 0 Å². The Morgan fingerprint density at radius 2 is 1.74 bits per heavy atom. The summed E-state index contributed by atoms with van der Waals surface area (Å²) in [7, 11) is -2.55. The molecule has 0 aliphatic rings. The molecule has 3 aromatic carbocycles. The lowest BCUT2D eigenvalue weighted by molar-refractivity contribution is 0.0470. The summed E-state index contributed by atoms with van der Waals surface area (Å²) >= 11 is 5.93. The number of benzene rings is 3. The summed E-state index contributed by atoms with van der Waals surface area (Å²) in [4.78, 5) is 24.4. The van der Waals surface area contributed by atoms with Gasteiger partial charge in [-0.15, -0.1) is 6.58 Å². The first-order valence-corrected chi connectivity index (χ1v) is 12.3. The van der Waals surface area contributed by atoms with E-state index in [1.54, 1.807) is 42.5 Å². The summed E-state index contributed by atoms with van der Waals surface area (Å²) in [6, 6.07) is 16.8. The molecule has 0 saturated heterocycles. The third-order valence-corrected chi connectivity index (χ3v) is 7.15. The highest BCUT2D eigenvalue weighted by molar-refractivity contribution is 7.92. The van der Waals surface area contributed by atoms with Gasteiger partial charge in [0.15, 0.2) is 5.78 Å². The van der Waals surface area contributed by atoms with Crippen LogP contribution >= 0.6 is 11.6 Å². The van der Waals surface area contributed by atoms with Gasteiger partial charge >= 0.3 is 5.97 Å². The highest BCUT2D eigenvalue weighted by Gasteiger charge is 2.25. The molecule has 0 fully saturated rings. The number of ketones is 1. The number of ether oxygens (including phenoxy) is 2. The number of carbonyl (C=O) groups excluding carboxylic acids is 2. The minimum absolute atomic E-state index is 0.0188. The first kappa shape index (κ1) is 26.0. The summed E-state index contributed by atoms with van der Waals surface area (Å²) in [5.41, 5.74) is 1.42. The highest BCUT2D eigenvalue weighted by atomic mass is 35.5. The van der Waals surface area contributed by atoms with Gasteiger partial charge in [-0.05, 0) is 67.6 Å². The lowest BCUT2D eigenvalue weighted by Crippen LogP contribution is -2.31. The summed E-state index contributed by atoms with van der Waals surface area (Å²) in [6.07, 6.45) is 1.47. The molecule has 3 rings (SSSR count). The number of hydrogen-bond donors (Lipinski definition) is 0. The Hall–Kier alpha value is -3.62. The summed E-state index contributed by atoms with van der Waals surface area (Å²) < 4.78 is 38.6. The van der Waals surface area contributed by atoms with Crippen LogP contribution in [0.4, 0.5) is 5.69 Å². The number of nitrogens with zero attached hydrogens (tertiary/aromatic N) is 1. The average molecular weight is 514 g/mol. The van der Waals surface area contributed by atoms with Crippen LogP contribution < -0.4 is 9.04 Å². The van der Waals surface area contributed by atoms with Crippen LogP contribution in [-0.4, -0.2) is 33.8 Å². The van der Waals surface area contributed by atoms with Crippen molar-refractivity contribution < 1.29 is 27.5 Å². The molecule has 0 radical (unpaired) electrons. The first-order chi connectivity index (χ1) is 16.7. The highest BCUT2D eigenvalue weighted by Crippen LogP contribution is 2.26. The maximum absolute atomic E-state index is 13.4. The number of sulfonamides is 1. The number of methoxy groups -OCH3 is 1. The number of halogens is 1. The lowest BCUT2D eigenvalue weighted by atomic mass is 10.1. The van der Waals surface area contributed by atoms with Gasteiger partial charge in [0.05, 0.1) is 29.8 Å². The minimum Gasteiger partial charge on any atom is -0.496 e. The fourth-order valence-electron chi connectivity index (χ4n) is 3.31. The van der Waals surface area contributed by atoms with E-state index in [0.717, 1.165) is 0 Å². The molecule has 0 amide bonds. The van der Waals surface area contributed by atoms with Gasteiger partial charge < -0.3 is 9.47 Å². The van der Waals surface area contributed by atoms with Gasteiger partial charge in [-0.3, -0.25) is 9.10 Å². The molecule has 0 unspecified atom stereocenters. The summed E-state index contributed by atoms with van der Waals surface area (Å²) in [6.45, 7) is 4.94. The van der Waals surface area contributed by atoms with E-state index in [2.05, 4.69) is 6.58 Å². The fourth-order valence-corrected chi connectivity index (χ4v) is 4.92. The molecule has 9 heteroatoms. The Bertz CT molecular complexity index is 1350. The SMILES string of the molecule is C=CCN(c1ccc(Cl)cc1)S(=O)(=O)c1cccc(C(=O)OCc2cc(C(C)=O)ccc2OC)c1. The van der Waals surface area contributed by atoms with E-state index in [9.17, 15) is 18.0 Å². The topological polar surface area (TPSA) is 90.0 Å². The third-order valence-electron chi connectivity index (χ3n) is 5.11. The molecule has 0 aliphatic carbocycles. The van der Waals surface area contributed by atoms with Crippen LogP contribution in [0.15, 0.2) is 84.3 Å². The maximum atomic E-state index is 13.4. The average Bonchev–Trinajstić information content (AvgIpc) is 2.86. The van der Waals surface area contributed by atoms with Crippen LogP contribution in [0, 0.1) is 0 Å². The zero-order valence-corrected chi connectivity index (χ0v) is 20.8. The molecule has 0 atom stereocenters. The second-order valence-corrected chi connectivity index (χ2v) is 9.79. The Kier molecular flexibility index (Phi) is 8.32. The van der Waals surface area contributed by atoms with Crippen LogP contribution in [0.5, 0.6) is 5.75 Å². The zero-order chi connectivity index (χ0) is 25.6. The maximum Gasteiger partial charge on any atom is 0.338 e. The fraction of sp³-hybridized carbons (Fsp3) is 0.154. The van der Waals surface area contributed by atoms with E-state index >= 15 is 0 Å². The zero-order valence-electron chi connectivity index (χ0n) is 19.2. The molecular formula is C26H24ClNO6S. The Morgan fingerprint density at radius 3 is 2.37 bits per heavy atom. The van der Waals surface area contributed by atoms with Crippen LogP contribution in [0.25, 0.3) is 0 Å². The van der Waals surface area contributed by atoms with Crippen molar-refractivity contribution in [2.75, 3.05) is 18.0 Å². The molecular weight excluding hydrogens is 490 g/mol.